The van der Waals surface area contributed by atoms with E-state index >= 15 is 0 Å². The Morgan fingerprint density at radius 3 is 2.48 bits per heavy atom. The van der Waals surface area contributed by atoms with Gasteiger partial charge in [-0.15, -0.1) is 0 Å². The highest BCUT2D eigenvalue weighted by Crippen LogP contribution is 2.36. The number of rotatable bonds is 4. The molecule has 4 nitrogen and oxygen atoms in total. The smallest absolute Gasteiger partial charge is 0.315 e. The van der Waals surface area contributed by atoms with Gasteiger partial charge in [0.15, 0.2) is 0 Å². The molecule has 1 aliphatic heterocycles. The molecular weight excluding hydrogens is 288 g/mol. The molecule has 0 radical (unpaired) electrons. The summed E-state index contributed by atoms with van der Waals surface area (Å²) in [6.07, 6.45) is 1.94. The number of primary amides is 1. The first-order valence-electron chi connectivity index (χ1n) is 7.99. The van der Waals surface area contributed by atoms with Gasteiger partial charge in [0.2, 0.25) is 0 Å². The van der Waals surface area contributed by atoms with Gasteiger partial charge in [-0.05, 0) is 43.0 Å². The SMILES string of the molecule is CC1CC[C@@H](c2ccc(OCc3ccccc3)cc2)N1C(N)=O. The third-order valence-corrected chi connectivity index (χ3v) is 4.44. The van der Waals surface area contributed by atoms with E-state index in [1.54, 1.807) is 4.90 Å². The fourth-order valence-electron chi connectivity index (χ4n) is 3.21. The molecule has 4 heteroatoms. The van der Waals surface area contributed by atoms with E-state index in [9.17, 15) is 4.79 Å². The van der Waals surface area contributed by atoms with Crippen molar-refractivity contribution >= 4 is 6.03 Å². The summed E-state index contributed by atoms with van der Waals surface area (Å²) in [7, 11) is 0. The average molecular weight is 310 g/mol. The third-order valence-electron chi connectivity index (χ3n) is 4.44. The van der Waals surface area contributed by atoms with Crippen molar-refractivity contribution in [3.8, 4) is 5.75 Å². The van der Waals surface area contributed by atoms with Crippen LogP contribution in [0.15, 0.2) is 54.6 Å². The van der Waals surface area contributed by atoms with Gasteiger partial charge in [0.05, 0.1) is 6.04 Å². The Morgan fingerprint density at radius 1 is 1.13 bits per heavy atom. The first kappa shape index (κ1) is 15.4. The summed E-state index contributed by atoms with van der Waals surface area (Å²) in [6, 6.07) is 18.0. The van der Waals surface area contributed by atoms with Crippen LogP contribution in [0.2, 0.25) is 0 Å². The van der Waals surface area contributed by atoms with Crippen molar-refractivity contribution in [3.05, 3.63) is 65.7 Å². The summed E-state index contributed by atoms with van der Waals surface area (Å²) in [5, 5.41) is 0. The molecule has 2 amide bonds. The van der Waals surface area contributed by atoms with Crippen LogP contribution in [-0.2, 0) is 6.61 Å². The molecule has 2 atom stereocenters. The first-order chi connectivity index (χ1) is 11.1. The van der Waals surface area contributed by atoms with Crippen LogP contribution in [-0.4, -0.2) is 17.0 Å². The zero-order valence-electron chi connectivity index (χ0n) is 13.3. The summed E-state index contributed by atoms with van der Waals surface area (Å²) in [5.41, 5.74) is 7.77. The molecule has 1 aliphatic rings. The van der Waals surface area contributed by atoms with Crippen LogP contribution < -0.4 is 10.5 Å². The number of ether oxygens (including phenoxy) is 1. The summed E-state index contributed by atoms with van der Waals surface area (Å²) >= 11 is 0. The quantitative estimate of drug-likeness (QED) is 0.932. The van der Waals surface area contributed by atoms with Crippen LogP contribution in [0.1, 0.15) is 36.9 Å². The van der Waals surface area contributed by atoms with Gasteiger partial charge in [-0.25, -0.2) is 4.79 Å². The van der Waals surface area contributed by atoms with Crippen molar-refractivity contribution in [2.45, 2.75) is 38.5 Å². The maximum Gasteiger partial charge on any atom is 0.315 e. The van der Waals surface area contributed by atoms with Crippen LogP contribution >= 0.6 is 0 Å². The Morgan fingerprint density at radius 2 is 1.83 bits per heavy atom. The molecule has 2 N–H and O–H groups in total. The molecule has 120 valence electrons. The standard InChI is InChI=1S/C19H22N2O2/c1-14-7-12-18(21(14)19(20)22)16-8-10-17(11-9-16)23-13-15-5-3-2-4-6-15/h2-6,8-11,14,18H,7,12-13H2,1H3,(H2,20,22)/t14?,18-/m0/s1. The fourth-order valence-corrected chi connectivity index (χ4v) is 3.21. The van der Waals surface area contributed by atoms with Crippen LogP contribution in [0.4, 0.5) is 4.79 Å². The number of nitrogens with two attached hydrogens (primary N) is 1. The van der Waals surface area contributed by atoms with Gasteiger partial charge >= 0.3 is 6.03 Å². The molecule has 3 rings (SSSR count). The number of nitrogens with zero attached hydrogens (tertiary/aromatic N) is 1. The third kappa shape index (κ3) is 3.47. The van der Waals surface area contributed by atoms with E-state index < -0.39 is 0 Å². The van der Waals surface area contributed by atoms with Crippen molar-refractivity contribution in [1.82, 2.24) is 4.90 Å². The second kappa shape index (κ2) is 6.73. The highest BCUT2D eigenvalue weighted by molar-refractivity contribution is 5.73. The zero-order chi connectivity index (χ0) is 16.2. The fraction of sp³-hybridized carbons (Fsp3) is 0.316. The Balaban J connectivity index is 1.66. The van der Waals surface area contributed by atoms with E-state index in [-0.39, 0.29) is 18.1 Å². The van der Waals surface area contributed by atoms with Crippen LogP contribution in [0.5, 0.6) is 5.75 Å². The Hall–Kier alpha value is -2.49. The maximum atomic E-state index is 11.6. The van der Waals surface area contributed by atoms with E-state index in [2.05, 4.69) is 0 Å². The molecule has 0 spiro atoms. The molecule has 0 aliphatic carbocycles. The van der Waals surface area contributed by atoms with Gasteiger partial charge in [-0.2, -0.15) is 0 Å². The first-order valence-corrected chi connectivity index (χ1v) is 7.99. The van der Waals surface area contributed by atoms with E-state index in [1.165, 1.54) is 0 Å². The molecule has 1 saturated heterocycles. The highest BCUT2D eigenvalue weighted by Gasteiger charge is 2.33. The number of urea groups is 1. The number of carbonyl (C=O) groups excluding carboxylic acids is 1. The summed E-state index contributed by atoms with van der Waals surface area (Å²) in [6.45, 7) is 2.59. The lowest BCUT2D eigenvalue weighted by atomic mass is 10.0. The van der Waals surface area contributed by atoms with Gasteiger partial charge in [-0.1, -0.05) is 42.5 Å². The molecule has 1 fully saturated rings. The Kier molecular flexibility index (Phi) is 4.51. The Labute approximate surface area is 136 Å². The van der Waals surface area contributed by atoms with Gasteiger partial charge in [-0.3, -0.25) is 0 Å². The monoisotopic (exact) mass is 310 g/mol. The summed E-state index contributed by atoms with van der Waals surface area (Å²) < 4.78 is 5.80. The lowest BCUT2D eigenvalue weighted by Gasteiger charge is -2.27. The maximum absolute atomic E-state index is 11.6. The van der Waals surface area contributed by atoms with Crippen molar-refractivity contribution in [2.75, 3.05) is 0 Å². The number of hydrogen-bond acceptors (Lipinski definition) is 2. The minimum absolute atomic E-state index is 0.0747. The highest BCUT2D eigenvalue weighted by atomic mass is 16.5. The van der Waals surface area contributed by atoms with Crippen LogP contribution in [0.25, 0.3) is 0 Å². The number of hydrogen-bond donors (Lipinski definition) is 1. The van der Waals surface area contributed by atoms with Crippen molar-refractivity contribution < 1.29 is 9.53 Å². The summed E-state index contributed by atoms with van der Waals surface area (Å²) in [5.74, 6) is 0.828. The minimum atomic E-state index is -0.343. The molecule has 0 bridgehead atoms. The van der Waals surface area contributed by atoms with Crippen LogP contribution in [0.3, 0.4) is 0 Å². The lowest BCUT2D eigenvalue weighted by Crippen LogP contribution is -2.39. The predicted octanol–water partition coefficient (Wildman–Crippen LogP) is 3.87. The second-order valence-corrected chi connectivity index (χ2v) is 6.03. The van der Waals surface area contributed by atoms with Gasteiger partial charge < -0.3 is 15.4 Å². The normalized spacial score (nSPS) is 20.5. The molecule has 2 aromatic rings. The lowest BCUT2D eigenvalue weighted by molar-refractivity contribution is 0.186. The van der Waals surface area contributed by atoms with Crippen molar-refractivity contribution in [3.63, 3.8) is 0 Å². The predicted molar refractivity (Wildman–Crippen MR) is 90.1 cm³/mol. The van der Waals surface area contributed by atoms with E-state index in [0.717, 1.165) is 29.7 Å². The van der Waals surface area contributed by atoms with Gasteiger partial charge in [0, 0.05) is 6.04 Å². The number of carbonyl (C=O) groups is 1. The number of benzene rings is 2. The van der Waals surface area contributed by atoms with Crippen LogP contribution in [0, 0.1) is 0 Å². The van der Waals surface area contributed by atoms with E-state index in [4.69, 9.17) is 10.5 Å². The molecule has 0 saturated carbocycles. The molecular formula is C19H22N2O2. The molecule has 1 unspecified atom stereocenters. The molecule has 0 aromatic heterocycles. The van der Waals surface area contributed by atoms with E-state index in [0.29, 0.717) is 6.61 Å². The molecule has 1 heterocycles. The van der Waals surface area contributed by atoms with E-state index in [1.807, 2.05) is 61.5 Å². The average Bonchev–Trinajstić information content (AvgIpc) is 2.96. The van der Waals surface area contributed by atoms with Crippen molar-refractivity contribution in [2.24, 2.45) is 5.73 Å². The second-order valence-electron chi connectivity index (χ2n) is 6.03. The molecule has 23 heavy (non-hydrogen) atoms. The van der Waals surface area contributed by atoms with Crippen molar-refractivity contribution in [1.29, 1.82) is 0 Å². The van der Waals surface area contributed by atoms with Gasteiger partial charge in [0.1, 0.15) is 12.4 Å². The van der Waals surface area contributed by atoms with Gasteiger partial charge in [0.25, 0.3) is 0 Å². The minimum Gasteiger partial charge on any atom is -0.489 e. The number of amides is 2. The topological polar surface area (TPSA) is 55.6 Å². The Bertz CT molecular complexity index is 655. The summed E-state index contributed by atoms with van der Waals surface area (Å²) in [4.78, 5) is 13.4. The molecule has 2 aromatic carbocycles. The largest absolute Gasteiger partial charge is 0.489 e. The zero-order valence-corrected chi connectivity index (χ0v) is 13.3. The number of likely N-dealkylation sites (tertiary alicyclic amines) is 1.